The monoisotopic (exact) mass is 355 g/mol. The summed E-state index contributed by atoms with van der Waals surface area (Å²) >= 11 is 3.36. The first-order valence-corrected chi connectivity index (χ1v) is 8.25. The Morgan fingerprint density at radius 3 is 2.81 bits per heavy atom. The zero-order chi connectivity index (χ0) is 15.2. The molecule has 5 heteroatoms. The Labute approximate surface area is 134 Å². The SMILES string of the molecule is C[C@H](O)c1cc(Br)ccc1OCC(=O)NC1CCCCC1. The van der Waals surface area contributed by atoms with Gasteiger partial charge in [-0.25, -0.2) is 0 Å². The Hall–Kier alpha value is -1.07. The van der Waals surface area contributed by atoms with E-state index in [1.54, 1.807) is 19.1 Å². The Morgan fingerprint density at radius 1 is 1.43 bits per heavy atom. The van der Waals surface area contributed by atoms with E-state index in [0.717, 1.165) is 17.3 Å². The number of nitrogens with one attached hydrogen (secondary N) is 1. The number of hydrogen-bond donors (Lipinski definition) is 2. The van der Waals surface area contributed by atoms with Crippen molar-refractivity contribution in [2.24, 2.45) is 0 Å². The van der Waals surface area contributed by atoms with Gasteiger partial charge in [-0.15, -0.1) is 0 Å². The molecular weight excluding hydrogens is 334 g/mol. The summed E-state index contributed by atoms with van der Waals surface area (Å²) in [5.41, 5.74) is 0.676. The fourth-order valence-corrected chi connectivity index (χ4v) is 3.02. The first-order valence-electron chi connectivity index (χ1n) is 7.46. The molecule has 0 aliphatic heterocycles. The van der Waals surface area contributed by atoms with Crippen molar-refractivity contribution in [1.29, 1.82) is 0 Å². The second-order valence-electron chi connectivity index (χ2n) is 5.55. The molecular formula is C16H22BrNO3. The van der Waals surface area contributed by atoms with Gasteiger partial charge in [-0.1, -0.05) is 35.2 Å². The van der Waals surface area contributed by atoms with E-state index in [2.05, 4.69) is 21.2 Å². The second-order valence-corrected chi connectivity index (χ2v) is 6.46. The van der Waals surface area contributed by atoms with Gasteiger partial charge < -0.3 is 15.2 Å². The van der Waals surface area contributed by atoms with Crippen LogP contribution in [0.2, 0.25) is 0 Å². The minimum absolute atomic E-state index is 0.0160. The van der Waals surface area contributed by atoms with E-state index in [4.69, 9.17) is 4.74 Å². The summed E-state index contributed by atoms with van der Waals surface area (Å²) in [6.07, 6.45) is 5.11. The molecule has 1 aromatic rings. The standard InChI is InChI=1S/C16H22BrNO3/c1-11(19)14-9-12(17)7-8-15(14)21-10-16(20)18-13-5-3-2-4-6-13/h7-9,11,13,19H,2-6,10H2,1H3,(H,18,20)/t11-/m0/s1. The summed E-state index contributed by atoms with van der Waals surface area (Å²) in [6.45, 7) is 1.66. The predicted octanol–water partition coefficient (Wildman–Crippen LogP) is 3.33. The van der Waals surface area contributed by atoms with E-state index in [9.17, 15) is 9.90 Å². The molecule has 1 aliphatic carbocycles. The van der Waals surface area contributed by atoms with Crippen molar-refractivity contribution in [1.82, 2.24) is 5.32 Å². The van der Waals surface area contributed by atoms with Crippen molar-refractivity contribution in [3.05, 3.63) is 28.2 Å². The van der Waals surface area contributed by atoms with Gasteiger partial charge in [0.1, 0.15) is 5.75 Å². The predicted molar refractivity (Wildman–Crippen MR) is 85.3 cm³/mol. The fraction of sp³-hybridized carbons (Fsp3) is 0.562. The van der Waals surface area contributed by atoms with Crippen molar-refractivity contribution in [2.75, 3.05) is 6.61 Å². The van der Waals surface area contributed by atoms with Crippen LogP contribution in [-0.4, -0.2) is 23.7 Å². The Morgan fingerprint density at radius 2 is 2.14 bits per heavy atom. The highest BCUT2D eigenvalue weighted by atomic mass is 79.9. The van der Waals surface area contributed by atoms with Crippen LogP contribution in [-0.2, 0) is 4.79 Å². The third-order valence-electron chi connectivity index (χ3n) is 3.75. The van der Waals surface area contributed by atoms with Crippen molar-refractivity contribution in [3.8, 4) is 5.75 Å². The van der Waals surface area contributed by atoms with Crippen LogP contribution in [0.4, 0.5) is 0 Å². The molecule has 0 unspecified atom stereocenters. The van der Waals surface area contributed by atoms with Gasteiger partial charge in [0, 0.05) is 16.1 Å². The number of carbonyl (C=O) groups excluding carboxylic acids is 1. The van der Waals surface area contributed by atoms with E-state index in [1.165, 1.54) is 19.3 Å². The smallest absolute Gasteiger partial charge is 0.258 e. The number of rotatable bonds is 5. The number of hydrogen-bond acceptors (Lipinski definition) is 3. The molecule has 0 aromatic heterocycles. The summed E-state index contributed by atoms with van der Waals surface area (Å²) in [4.78, 5) is 11.9. The fourth-order valence-electron chi connectivity index (χ4n) is 2.64. The number of aliphatic hydroxyl groups is 1. The lowest BCUT2D eigenvalue weighted by Crippen LogP contribution is -2.39. The van der Waals surface area contributed by atoms with Crippen LogP contribution in [0.5, 0.6) is 5.75 Å². The highest BCUT2D eigenvalue weighted by molar-refractivity contribution is 9.10. The molecule has 2 N–H and O–H groups in total. The van der Waals surface area contributed by atoms with Crippen LogP contribution >= 0.6 is 15.9 Å². The highest BCUT2D eigenvalue weighted by Gasteiger charge is 2.17. The minimum atomic E-state index is -0.640. The average Bonchev–Trinajstić information content (AvgIpc) is 2.47. The van der Waals surface area contributed by atoms with Crippen molar-refractivity contribution < 1.29 is 14.6 Å². The molecule has 21 heavy (non-hydrogen) atoms. The lowest BCUT2D eigenvalue weighted by atomic mass is 9.95. The highest BCUT2D eigenvalue weighted by Crippen LogP contribution is 2.28. The van der Waals surface area contributed by atoms with Gasteiger partial charge in [-0.2, -0.15) is 0 Å². The average molecular weight is 356 g/mol. The molecule has 1 saturated carbocycles. The summed E-state index contributed by atoms with van der Waals surface area (Å²) in [6, 6.07) is 5.69. The third-order valence-corrected chi connectivity index (χ3v) is 4.24. The quantitative estimate of drug-likeness (QED) is 0.851. The van der Waals surface area contributed by atoms with Crippen LogP contribution in [0.25, 0.3) is 0 Å². The minimum Gasteiger partial charge on any atom is -0.483 e. The normalized spacial score (nSPS) is 17.3. The van der Waals surface area contributed by atoms with Gasteiger partial charge in [0.25, 0.3) is 5.91 Å². The van der Waals surface area contributed by atoms with Crippen LogP contribution in [0.15, 0.2) is 22.7 Å². The first kappa shape index (κ1) is 16.3. The Kier molecular flexibility index (Phi) is 6.06. The maximum atomic E-state index is 11.9. The number of aliphatic hydroxyl groups excluding tert-OH is 1. The van der Waals surface area contributed by atoms with Crippen molar-refractivity contribution in [3.63, 3.8) is 0 Å². The maximum Gasteiger partial charge on any atom is 0.258 e. The molecule has 1 atom stereocenters. The van der Waals surface area contributed by atoms with E-state index in [1.807, 2.05) is 6.07 Å². The molecule has 116 valence electrons. The maximum absolute atomic E-state index is 11.9. The molecule has 0 radical (unpaired) electrons. The Bertz CT molecular complexity index is 484. The number of amides is 1. The molecule has 0 heterocycles. The topological polar surface area (TPSA) is 58.6 Å². The van der Waals surface area contributed by atoms with Gasteiger partial charge >= 0.3 is 0 Å². The molecule has 4 nitrogen and oxygen atoms in total. The summed E-state index contributed by atoms with van der Waals surface area (Å²) < 4.78 is 6.44. The molecule has 0 saturated heterocycles. The van der Waals surface area contributed by atoms with Crippen LogP contribution in [0, 0.1) is 0 Å². The third kappa shape index (κ3) is 5.00. The molecule has 1 amide bonds. The molecule has 0 bridgehead atoms. The Balaban J connectivity index is 1.88. The van der Waals surface area contributed by atoms with Gasteiger partial charge in [-0.05, 0) is 38.0 Å². The zero-order valence-corrected chi connectivity index (χ0v) is 13.9. The molecule has 1 fully saturated rings. The number of benzene rings is 1. The zero-order valence-electron chi connectivity index (χ0n) is 12.3. The van der Waals surface area contributed by atoms with Crippen LogP contribution < -0.4 is 10.1 Å². The van der Waals surface area contributed by atoms with Gasteiger partial charge in [0.15, 0.2) is 6.61 Å². The van der Waals surface area contributed by atoms with E-state index < -0.39 is 6.10 Å². The van der Waals surface area contributed by atoms with Crippen LogP contribution in [0.3, 0.4) is 0 Å². The van der Waals surface area contributed by atoms with E-state index >= 15 is 0 Å². The lowest BCUT2D eigenvalue weighted by molar-refractivity contribution is -0.124. The summed E-state index contributed by atoms with van der Waals surface area (Å²) in [5.74, 6) is 0.452. The second kappa shape index (κ2) is 7.80. The molecule has 1 aliphatic rings. The molecule has 0 spiro atoms. The number of halogens is 1. The van der Waals surface area contributed by atoms with Gasteiger partial charge in [-0.3, -0.25) is 4.79 Å². The van der Waals surface area contributed by atoms with Crippen molar-refractivity contribution >= 4 is 21.8 Å². The summed E-state index contributed by atoms with van der Waals surface area (Å²) in [5, 5.41) is 12.8. The first-order chi connectivity index (χ1) is 10.1. The molecule has 1 aromatic carbocycles. The molecule has 2 rings (SSSR count). The largest absolute Gasteiger partial charge is 0.483 e. The number of ether oxygens (including phenoxy) is 1. The van der Waals surface area contributed by atoms with E-state index in [-0.39, 0.29) is 18.6 Å². The summed E-state index contributed by atoms with van der Waals surface area (Å²) in [7, 11) is 0. The van der Waals surface area contributed by atoms with Gasteiger partial charge in [0.2, 0.25) is 0 Å². The van der Waals surface area contributed by atoms with E-state index in [0.29, 0.717) is 11.3 Å². The van der Waals surface area contributed by atoms with Crippen molar-refractivity contribution in [2.45, 2.75) is 51.2 Å². The number of carbonyl (C=O) groups is 1. The van der Waals surface area contributed by atoms with Gasteiger partial charge in [0.05, 0.1) is 6.10 Å². The van der Waals surface area contributed by atoms with Crippen LogP contribution in [0.1, 0.15) is 50.7 Å². The lowest BCUT2D eigenvalue weighted by Gasteiger charge is -2.23.